The molecule has 3 heteroatoms. The minimum Gasteiger partial charge on any atom is -0.173 e. The van der Waals surface area contributed by atoms with E-state index in [4.69, 9.17) is 0 Å². The van der Waals surface area contributed by atoms with Crippen molar-refractivity contribution in [3.05, 3.63) is 34.9 Å². The molecule has 0 nitrogen and oxygen atoms in total. The summed E-state index contributed by atoms with van der Waals surface area (Å²) in [5.74, 6) is 0. The van der Waals surface area contributed by atoms with E-state index >= 15 is 0 Å². The Morgan fingerprint density at radius 2 is 2.30 bits per heavy atom. The van der Waals surface area contributed by atoms with Crippen LogP contribution in [0.2, 0.25) is 0 Å². The largest absolute Gasteiger partial charge is 0.270 e. The maximum Gasteiger partial charge on any atom is 0.270 e. The Kier molecular flexibility index (Phi) is 2.17. The quantitative estimate of drug-likeness (QED) is 0.590. The Morgan fingerprint density at radius 3 is 2.70 bits per heavy atom. The molecular formula is C7H5F2S. The zero-order chi connectivity index (χ0) is 7.56. The first-order valence-electron chi connectivity index (χ1n) is 2.61. The van der Waals surface area contributed by atoms with Crippen molar-refractivity contribution in [3.63, 3.8) is 0 Å². The number of hydrogen-bond donors (Lipinski definition) is 0. The minimum atomic E-state index is -1.67. The monoisotopic (exact) mass is 159 g/mol. The molecular weight excluding hydrogens is 154 g/mol. The molecule has 1 aromatic heterocycles. The van der Waals surface area contributed by atoms with E-state index in [1.807, 2.05) is 0 Å². The summed E-state index contributed by atoms with van der Waals surface area (Å²) >= 11 is 1.36. The van der Waals surface area contributed by atoms with E-state index in [9.17, 15) is 8.78 Å². The van der Waals surface area contributed by atoms with Crippen molar-refractivity contribution in [2.75, 3.05) is 0 Å². The van der Waals surface area contributed by atoms with Crippen molar-refractivity contribution in [1.82, 2.24) is 0 Å². The SMILES string of the molecule is [CH2]c1cc(C=C(F)F)cs1. The number of rotatable bonds is 1. The third-order valence-electron chi connectivity index (χ3n) is 0.950. The molecule has 0 spiro atoms. The Hall–Kier alpha value is -0.700. The van der Waals surface area contributed by atoms with Gasteiger partial charge in [0.2, 0.25) is 0 Å². The predicted molar refractivity (Wildman–Crippen MR) is 39.0 cm³/mol. The molecule has 1 rings (SSSR count). The van der Waals surface area contributed by atoms with Gasteiger partial charge in [0.15, 0.2) is 0 Å². The third-order valence-corrected chi connectivity index (χ3v) is 1.76. The van der Waals surface area contributed by atoms with Crippen LogP contribution in [0.5, 0.6) is 0 Å². The Morgan fingerprint density at radius 1 is 1.60 bits per heavy atom. The normalized spacial score (nSPS) is 9.50. The molecule has 0 saturated carbocycles. The van der Waals surface area contributed by atoms with Crippen LogP contribution in [-0.4, -0.2) is 0 Å². The molecule has 1 aromatic rings. The zero-order valence-corrected chi connectivity index (χ0v) is 5.92. The van der Waals surface area contributed by atoms with Crippen LogP contribution < -0.4 is 0 Å². The summed E-state index contributed by atoms with van der Waals surface area (Å²) in [6, 6.07) is 1.61. The summed E-state index contributed by atoms with van der Waals surface area (Å²) in [4.78, 5) is 0.799. The molecule has 1 heterocycles. The topological polar surface area (TPSA) is 0 Å². The van der Waals surface area contributed by atoms with Crippen LogP contribution in [0.3, 0.4) is 0 Å². The molecule has 53 valence electrons. The van der Waals surface area contributed by atoms with E-state index in [0.29, 0.717) is 5.56 Å². The van der Waals surface area contributed by atoms with Crippen LogP contribution in [0.15, 0.2) is 17.5 Å². The summed E-state index contributed by atoms with van der Waals surface area (Å²) in [5, 5.41) is 1.64. The van der Waals surface area contributed by atoms with E-state index in [1.54, 1.807) is 11.4 Å². The molecule has 0 amide bonds. The van der Waals surface area contributed by atoms with Crippen LogP contribution in [0.25, 0.3) is 6.08 Å². The van der Waals surface area contributed by atoms with Crippen LogP contribution in [0, 0.1) is 6.92 Å². The molecule has 0 aliphatic carbocycles. The molecule has 0 saturated heterocycles. The van der Waals surface area contributed by atoms with Crippen molar-refractivity contribution in [3.8, 4) is 0 Å². The van der Waals surface area contributed by atoms with Gasteiger partial charge in [0, 0.05) is 11.0 Å². The summed E-state index contributed by atoms with van der Waals surface area (Å²) in [7, 11) is 0. The van der Waals surface area contributed by atoms with Crippen molar-refractivity contribution < 1.29 is 8.78 Å². The van der Waals surface area contributed by atoms with Gasteiger partial charge in [-0.1, -0.05) is 0 Å². The Labute approximate surface area is 61.8 Å². The lowest BCUT2D eigenvalue weighted by atomic mass is 10.3. The van der Waals surface area contributed by atoms with Crippen molar-refractivity contribution in [2.24, 2.45) is 0 Å². The van der Waals surface area contributed by atoms with Gasteiger partial charge in [0.1, 0.15) is 0 Å². The minimum absolute atomic E-state index is 0.523. The zero-order valence-electron chi connectivity index (χ0n) is 5.10. The fourth-order valence-electron chi connectivity index (χ4n) is 0.599. The van der Waals surface area contributed by atoms with Gasteiger partial charge in [-0.15, -0.1) is 11.3 Å². The molecule has 0 aromatic carbocycles. The predicted octanol–water partition coefficient (Wildman–Crippen LogP) is 3.17. The van der Waals surface area contributed by atoms with Gasteiger partial charge in [-0.2, -0.15) is 8.78 Å². The summed E-state index contributed by atoms with van der Waals surface area (Å²) < 4.78 is 23.2. The lowest BCUT2D eigenvalue weighted by molar-refractivity contribution is 0.429. The van der Waals surface area contributed by atoms with E-state index in [0.717, 1.165) is 11.0 Å². The van der Waals surface area contributed by atoms with E-state index < -0.39 is 6.08 Å². The fourth-order valence-corrected chi connectivity index (χ4v) is 1.23. The smallest absolute Gasteiger partial charge is 0.173 e. The van der Waals surface area contributed by atoms with Crippen LogP contribution in [0.4, 0.5) is 8.78 Å². The number of halogens is 2. The van der Waals surface area contributed by atoms with Gasteiger partial charge < -0.3 is 0 Å². The summed E-state index contributed by atoms with van der Waals surface area (Å²) in [6.45, 7) is 3.59. The van der Waals surface area contributed by atoms with E-state index in [2.05, 4.69) is 6.92 Å². The highest BCUT2D eigenvalue weighted by atomic mass is 32.1. The van der Waals surface area contributed by atoms with E-state index in [-0.39, 0.29) is 0 Å². The molecule has 0 fully saturated rings. The second-order valence-electron chi connectivity index (χ2n) is 1.78. The van der Waals surface area contributed by atoms with Crippen molar-refractivity contribution in [2.45, 2.75) is 0 Å². The molecule has 0 N–H and O–H groups in total. The van der Waals surface area contributed by atoms with Gasteiger partial charge in [0.05, 0.1) is 0 Å². The highest BCUT2D eigenvalue weighted by Gasteiger charge is 1.94. The van der Waals surface area contributed by atoms with Gasteiger partial charge in [-0.25, -0.2) is 0 Å². The molecule has 10 heavy (non-hydrogen) atoms. The fraction of sp³-hybridized carbons (Fsp3) is 0. The lowest BCUT2D eigenvalue weighted by Gasteiger charge is -1.78. The summed E-state index contributed by atoms with van der Waals surface area (Å²) in [6.07, 6.45) is -0.844. The molecule has 0 unspecified atom stereocenters. The van der Waals surface area contributed by atoms with Crippen molar-refractivity contribution >= 4 is 17.4 Å². The maximum atomic E-state index is 11.6. The van der Waals surface area contributed by atoms with Gasteiger partial charge >= 0.3 is 0 Å². The number of hydrogen-bond acceptors (Lipinski definition) is 1. The molecule has 1 radical (unpaired) electrons. The third kappa shape index (κ3) is 1.92. The van der Waals surface area contributed by atoms with Gasteiger partial charge in [-0.3, -0.25) is 0 Å². The molecule has 0 atom stereocenters. The average Bonchev–Trinajstić information content (AvgIpc) is 2.13. The van der Waals surface area contributed by atoms with Crippen LogP contribution in [-0.2, 0) is 0 Å². The van der Waals surface area contributed by atoms with Crippen molar-refractivity contribution in [1.29, 1.82) is 0 Å². The first-order chi connectivity index (χ1) is 4.68. The van der Waals surface area contributed by atoms with Gasteiger partial charge in [-0.05, 0) is 23.9 Å². The second kappa shape index (κ2) is 2.92. The van der Waals surface area contributed by atoms with Gasteiger partial charge in [0.25, 0.3) is 6.08 Å². The van der Waals surface area contributed by atoms with E-state index in [1.165, 1.54) is 11.3 Å². The average molecular weight is 159 g/mol. The Bertz CT molecular complexity index is 246. The van der Waals surface area contributed by atoms with Crippen LogP contribution >= 0.6 is 11.3 Å². The molecule has 0 aliphatic rings. The molecule has 0 aliphatic heterocycles. The lowest BCUT2D eigenvalue weighted by Crippen LogP contribution is -1.61. The standard InChI is InChI=1S/C7H5F2S/c1-5-2-6(4-10-5)3-7(8)9/h2-4H,1H2. The highest BCUT2D eigenvalue weighted by Crippen LogP contribution is 2.16. The highest BCUT2D eigenvalue weighted by molar-refractivity contribution is 7.10. The first kappa shape index (κ1) is 7.41. The molecule has 0 bridgehead atoms. The second-order valence-corrected chi connectivity index (χ2v) is 2.78. The van der Waals surface area contributed by atoms with Crippen LogP contribution in [0.1, 0.15) is 10.4 Å². The number of thiophene rings is 1. The first-order valence-corrected chi connectivity index (χ1v) is 3.49. The summed E-state index contributed by atoms with van der Waals surface area (Å²) in [5.41, 5.74) is 0.523. The maximum absolute atomic E-state index is 11.6. The Balaban J connectivity index is 2.86.